The fourth-order valence-corrected chi connectivity index (χ4v) is 2.40. The maximum absolute atomic E-state index is 14.0. The van der Waals surface area contributed by atoms with Crippen molar-refractivity contribution in [1.82, 2.24) is 20.2 Å². The van der Waals surface area contributed by atoms with Crippen LogP contribution >= 0.6 is 0 Å². The zero-order valence-corrected chi connectivity index (χ0v) is 12.6. The van der Waals surface area contributed by atoms with Crippen LogP contribution in [0.5, 0.6) is 0 Å². The molecule has 1 aromatic heterocycles. The van der Waals surface area contributed by atoms with Gasteiger partial charge in [-0.3, -0.25) is 0 Å². The molecule has 1 heterocycles. The number of unbranched alkanes of at least 4 members (excludes halogenated alkanes) is 1. The summed E-state index contributed by atoms with van der Waals surface area (Å²) in [5.41, 5.74) is 6.58. The third kappa shape index (κ3) is 3.77. The van der Waals surface area contributed by atoms with E-state index in [0.29, 0.717) is 29.5 Å². The number of hydrogen-bond donors (Lipinski definition) is 1. The number of halogens is 1. The topological polar surface area (TPSA) is 69.6 Å². The Balaban J connectivity index is 2.23. The largest absolute Gasteiger partial charge is 0.399 e. The summed E-state index contributed by atoms with van der Waals surface area (Å²) in [4.78, 5) is 0. The van der Waals surface area contributed by atoms with E-state index in [1.165, 1.54) is 25.0 Å². The second kappa shape index (κ2) is 7.15. The molecule has 0 aliphatic carbocycles. The molecule has 1 atom stereocenters. The summed E-state index contributed by atoms with van der Waals surface area (Å²) in [6, 6.07) is 4.45. The van der Waals surface area contributed by atoms with Crippen molar-refractivity contribution in [3.05, 3.63) is 24.0 Å². The van der Waals surface area contributed by atoms with Gasteiger partial charge < -0.3 is 5.73 Å². The fourth-order valence-electron chi connectivity index (χ4n) is 2.40. The molecule has 0 fully saturated rings. The number of benzene rings is 1. The zero-order chi connectivity index (χ0) is 15.2. The van der Waals surface area contributed by atoms with Crippen LogP contribution in [0.1, 0.15) is 39.5 Å². The van der Waals surface area contributed by atoms with Crippen molar-refractivity contribution in [2.45, 2.75) is 46.1 Å². The molecule has 0 saturated carbocycles. The lowest BCUT2D eigenvalue weighted by Crippen LogP contribution is -2.13. The number of nitrogens with two attached hydrogens (primary N) is 1. The van der Waals surface area contributed by atoms with Crippen LogP contribution in [0.3, 0.4) is 0 Å². The first-order valence-electron chi connectivity index (χ1n) is 7.47. The quantitative estimate of drug-likeness (QED) is 0.795. The predicted molar refractivity (Wildman–Crippen MR) is 80.9 cm³/mol. The number of rotatable bonds is 7. The average molecular weight is 291 g/mol. The molecule has 114 valence electrons. The Morgan fingerprint density at radius 1 is 1.33 bits per heavy atom. The van der Waals surface area contributed by atoms with E-state index in [2.05, 4.69) is 29.4 Å². The second-order valence-corrected chi connectivity index (χ2v) is 5.34. The first-order valence-corrected chi connectivity index (χ1v) is 7.47. The molecular weight excluding hydrogens is 269 g/mol. The molecule has 6 heteroatoms. The summed E-state index contributed by atoms with van der Waals surface area (Å²) >= 11 is 0. The lowest BCUT2D eigenvalue weighted by molar-refractivity contribution is 0.369. The van der Waals surface area contributed by atoms with E-state index < -0.39 is 0 Å². The maximum atomic E-state index is 14.0. The number of aromatic nitrogens is 4. The summed E-state index contributed by atoms with van der Waals surface area (Å²) in [5, 5.41) is 11.7. The molecule has 0 aliphatic rings. The predicted octanol–water partition coefficient (Wildman–Crippen LogP) is 3.28. The highest BCUT2D eigenvalue weighted by Gasteiger charge is 2.16. The van der Waals surface area contributed by atoms with Gasteiger partial charge >= 0.3 is 0 Å². The second-order valence-electron chi connectivity index (χ2n) is 5.34. The molecule has 2 rings (SSSR count). The van der Waals surface area contributed by atoms with Gasteiger partial charge in [0, 0.05) is 12.2 Å². The standard InChI is InChI=1S/C15H22FN5/c1-3-5-6-11(4-2)10-21-15(18-19-20-21)13-9-12(17)7-8-14(13)16/h7-9,11H,3-6,10,17H2,1-2H3. The molecule has 0 radical (unpaired) electrons. The van der Waals surface area contributed by atoms with Gasteiger partial charge in [-0.2, -0.15) is 0 Å². The highest BCUT2D eigenvalue weighted by atomic mass is 19.1. The molecule has 0 saturated heterocycles. The van der Waals surface area contributed by atoms with Gasteiger partial charge in [-0.15, -0.1) is 5.10 Å². The van der Waals surface area contributed by atoms with Crippen LogP contribution in [0.4, 0.5) is 10.1 Å². The Kier molecular flexibility index (Phi) is 5.25. The van der Waals surface area contributed by atoms with Gasteiger partial charge in [0.05, 0.1) is 5.56 Å². The summed E-state index contributed by atoms with van der Waals surface area (Å²) in [7, 11) is 0. The van der Waals surface area contributed by atoms with Crippen LogP contribution in [-0.2, 0) is 6.54 Å². The lowest BCUT2D eigenvalue weighted by Gasteiger charge is -2.15. The summed E-state index contributed by atoms with van der Waals surface area (Å²) in [6.07, 6.45) is 4.54. The van der Waals surface area contributed by atoms with Gasteiger partial charge in [0.1, 0.15) is 5.82 Å². The first kappa shape index (κ1) is 15.4. The Morgan fingerprint density at radius 2 is 2.14 bits per heavy atom. The van der Waals surface area contributed by atoms with Crippen LogP contribution in [0.2, 0.25) is 0 Å². The number of tetrazole rings is 1. The SMILES string of the molecule is CCCCC(CC)Cn1nnnc1-c1cc(N)ccc1F. The average Bonchev–Trinajstić information content (AvgIpc) is 2.93. The normalized spacial score (nSPS) is 12.5. The lowest BCUT2D eigenvalue weighted by atomic mass is 9.99. The molecule has 0 aliphatic heterocycles. The third-order valence-electron chi connectivity index (χ3n) is 3.74. The minimum Gasteiger partial charge on any atom is -0.399 e. The van der Waals surface area contributed by atoms with Crippen LogP contribution < -0.4 is 5.73 Å². The molecule has 0 bridgehead atoms. The highest BCUT2D eigenvalue weighted by molar-refractivity contribution is 5.61. The smallest absolute Gasteiger partial charge is 0.185 e. The molecule has 1 unspecified atom stereocenters. The first-order chi connectivity index (χ1) is 10.2. The third-order valence-corrected chi connectivity index (χ3v) is 3.74. The minimum atomic E-state index is -0.359. The van der Waals surface area contributed by atoms with E-state index in [0.717, 1.165) is 12.8 Å². The molecule has 5 nitrogen and oxygen atoms in total. The van der Waals surface area contributed by atoms with Crippen LogP contribution in [0, 0.1) is 11.7 Å². The Labute approximate surface area is 124 Å². The maximum Gasteiger partial charge on any atom is 0.185 e. The molecule has 21 heavy (non-hydrogen) atoms. The van der Waals surface area contributed by atoms with Gasteiger partial charge in [0.25, 0.3) is 0 Å². The van der Waals surface area contributed by atoms with Crippen molar-refractivity contribution in [3.8, 4) is 11.4 Å². The molecule has 1 aromatic carbocycles. The molecule has 2 aromatic rings. The summed E-state index contributed by atoms with van der Waals surface area (Å²) in [5.74, 6) is 0.577. The summed E-state index contributed by atoms with van der Waals surface area (Å²) in [6.45, 7) is 5.04. The highest BCUT2D eigenvalue weighted by Crippen LogP contribution is 2.24. The van der Waals surface area contributed by atoms with Gasteiger partial charge in [-0.05, 0) is 41.0 Å². The number of nitrogen functional groups attached to an aromatic ring is 1. The van der Waals surface area contributed by atoms with Crippen LogP contribution in [0.25, 0.3) is 11.4 Å². The number of nitrogens with zero attached hydrogens (tertiary/aromatic N) is 4. The van der Waals surface area contributed by atoms with E-state index >= 15 is 0 Å². The van der Waals surface area contributed by atoms with Gasteiger partial charge in [0.2, 0.25) is 0 Å². The monoisotopic (exact) mass is 291 g/mol. The van der Waals surface area contributed by atoms with Gasteiger partial charge in [0.15, 0.2) is 5.82 Å². The molecule has 0 spiro atoms. The number of hydrogen-bond acceptors (Lipinski definition) is 4. The van der Waals surface area contributed by atoms with Crippen molar-refractivity contribution in [2.75, 3.05) is 5.73 Å². The van der Waals surface area contributed by atoms with E-state index in [4.69, 9.17) is 5.73 Å². The minimum absolute atomic E-state index is 0.352. The fraction of sp³-hybridized carbons (Fsp3) is 0.533. The van der Waals surface area contributed by atoms with Crippen molar-refractivity contribution in [3.63, 3.8) is 0 Å². The van der Waals surface area contributed by atoms with Crippen LogP contribution in [0.15, 0.2) is 18.2 Å². The van der Waals surface area contributed by atoms with Crippen molar-refractivity contribution < 1.29 is 4.39 Å². The Morgan fingerprint density at radius 3 is 2.86 bits per heavy atom. The van der Waals surface area contributed by atoms with E-state index in [1.807, 2.05) is 0 Å². The van der Waals surface area contributed by atoms with E-state index in [1.54, 1.807) is 10.7 Å². The van der Waals surface area contributed by atoms with Crippen molar-refractivity contribution in [1.29, 1.82) is 0 Å². The van der Waals surface area contributed by atoms with Crippen LogP contribution in [-0.4, -0.2) is 20.2 Å². The number of anilines is 1. The molecular formula is C15H22FN5. The van der Waals surface area contributed by atoms with Gasteiger partial charge in [-0.1, -0.05) is 33.1 Å². The van der Waals surface area contributed by atoms with E-state index in [9.17, 15) is 4.39 Å². The Hall–Kier alpha value is -1.98. The van der Waals surface area contributed by atoms with E-state index in [-0.39, 0.29) is 5.82 Å². The van der Waals surface area contributed by atoms with Crippen molar-refractivity contribution in [2.24, 2.45) is 5.92 Å². The summed E-state index contributed by atoms with van der Waals surface area (Å²) < 4.78 is 15.7. The zero-order valence-electron chi connectivity index (χ0n) is 12.6. The molecule has 0 amide bonds. The Bertz CT molecular complexity index is 581. The van der Waals surface area contributed by atoms with Crippen molar-refractivity contribution >= 4 is 5.69 Å². The molecule has 2 N–H and O–H groups in total. The van der Waals surface area contributed by atoms with Gasteiger partial charge in [-0.25, -0.2) is 9.07 Å².